The van der Waals surface area contributed by atoms with Crippen LogP contribution in [0.25, 0.3) is 0 Å². The van der Waals surface area contributed by atoms with Crippen LogP contribution in [0.15, 0.2) is 18.2 Å². The fourth-order valence-corrected chi connectivity index (χ4v) is 2.73. The normalized spacial score (nSPS) is 18.9. The lowest BCUT2D eigenvalue weighted by molar-refractivity contribution is -0.117. The summed E-state index contributed by atoms with van der Waals surface area (Å²) < 4.78 is 39.7. The molecule has 0 aromatic heterocycles. The second kappa shape index (κ2) is 5.09. The first-order chi connectivity index (χ1) is 9.36. The van der Waals surface area contributed by atoms with Crippen LogP contribution in [0.3, 0.4) is 0 Å². The molecule has 2 rings (SSSR count). The number of amides is 1. The summed E-state index contributed by atoms with van der Waals surface area (Å²) in [5.41, 5.74) is 0.416. The van der Waals surface area contributed by atoms with Crippen LogP contribution in [0.1, 0.15) is 12.0 Å². The fourth-order valence-electron chi connectivity index (χ4n) is 2.06. The molecule has 106 valence electrons. The Hall–Kier alpha value is -2.14. The van der Waals surface area contributed by atoms with E-state index in [4.69, 9.17) is 10.00 Å². The van der Waals surface area contributed by atoms with E-state index in [9.17, 15) is 17.1 Å². The molecule has 0 radical (unpaired) electrons. The summed E-state index contributed by atoms with van der Waals surface area (Å²) in [6.07, 6.45) is -0.421. The van der Waals surface area contributed by atoms with Gasteiger partial charge in [-0.1, -0.05) is 0 Å². The number of benzene rings is 1. The maximum absolute atomic E-state index is 13.0. The Labute approximate surface area is 115 Å². The van der Waals surface area contributed by atoms with Gasteiger partial charge in [0.15, 0.2) is 0 Å². The topological polar surface area (TPSA) is 87.5 Å². The Morgan fingerprint density at radius 1 is 1.50 bits per heavy atom. The van der Waals surface area contributed by atoms with Gasteiger partial charge in [0.2, 0.25) is 5.91 Å². The summed E-state index contributed by atoms with van der Waals surface area (Å²) in [6, 6.07) is 6.35. The predicted octanol–water partition coefficient (Wildman–Crippen LogP) is 0.971. The number of hydrogen-bond donors (Lipinski definition) is 0. The van der Waals surface area contributed by atoms with Gasteiger partial charge in [-0.15, -0.1) is 3.89 Å². The second-order valence-electron chi connectivity index (χ2n) is 4.30. The van der Waals surface area contributed by atoms with Crippen molar-refractivity contribution in [3.05, 3.63) is 23.8 Å². The van der Waals surface area contributed by atoms with Gasteiger partial charge in [0.25, 0.3) is 0 Å². The number of anilines is 1. The molecule has 0 spiro atoms. The van der Waals surface area contributed by atoms with E-state index in [2.05, 4.69) is 0 Å². The van der Waals surface area contributed by atoms with Crippen molar-refractivity contribution in [2.45, 2.75) is 11.7 Å². The molecule has 1 saturated heterocycles. The molecule has 6 nitrogen and oxygen atoms in total. The molecule has 0 N–H and O–H groups in total. The number of nitriles is 1. The van der Waals surface area contributed by atoms with Crippen LogP contribution >= 0.6 is 0 Å². The highest BCUT2D eigenvalue weighted by atomic mass is 32.3. The van der Waals surface area contributed by atoms with Gasteiger partial charge in [-0.3, -0.25) is 4.79 Å². The molecule has 1 heterocycles. The molecule has 0 aliphatic carbocycles. The van der Waals surface area contributed by atoms with E-state index < -0.39 is 27.8 Å². The number of methoxy groups -OCH3 is 1. The summed E-state index contributed by atoms with van der Waals surface area (Å²) in [6.45, 7) is -0.293. The van der Waals surface area contributed by atoms with Crippen LogP contribution in [0.4, 0.5) is 9.57 Å². The van der Waals surface area contributed by atoms with Crippen LogP contribution < -0.4 is 9.64 Å². The third-order valence-corrected chi connectivity index (χ3v) is 4.21. The maximum atomic E-state index is 13.0. The Morgan fingerprint density at radius 3 is 2.70 bits per heavy atom. The summed E-state index contributed by atoms with van der Waals surface area (Å²) in [5.74, 6) is -0.0931. The molecular formula is C12H11FN2O4S. The van der Waals surface area contributed by atoms with Gasteiger partial charge in [-0.05, 0) is 18.2 Å². The number of carbonyl (C=O) groups is 1. The van der Waals surface area contributed by atoms with Crippen molar-refractivity contribution < 1.29 is 21.8 Å². The van der Waals surface area contributed by atoms with Crippen LogP contribution in [0.5, 0.6) is 5.75 Å². The molecule has 1 aliphatic rings. The number of halogens is 1. The lowest BCUT2D eigenvalue weighted by Gasteiger charge is -2.18. The van der Waals surface area contributed by atoms with E-state index in [1.165, 1.54) is 19.2 Å². The second-order valence-corrected chi connectivity index (χ2v) is 5.92. The third kappa shape index (κ3) is 2.58. The maximum Gasteiger partial charge on any atom is 0.307 e. The minimum atomic E-state index is -4.78. The zero-order chi connectivity index (χ0) is 14.9. The Morgan fingerprint density at radius 2 is 2.20 bits per heavy atom. The molecule has 1 fully saturated rings. The molecule has 20 heavy (non-hydrogen) atoms. The van der Waals surface area contributed by atoms with Crippen LogP contribution in [0.2, 0.25) is 0 Å². The van der Waals surface area contributed by atoms with Crippen molar-refractivity contribution in [3.8, 4) is 11.8 Å². The molecule has 0 saturated carbocycles. The summed E-state index contributed by atoms with van der Waals surface area (Å²) in [7, 11) is -3.35. The van der Waals surface area contributed by atoms with Gasteiger partial charge in [0, 0.05) is 13.0 Å². The smallest absolute Gasteiger partial charge is 0.307 e. The first-order valence-electron chi connectivity index (χ1n) is 5.68. The highest BCUT2D eigenvalue weighted by Gasteiger charge is 2.39. The lowest BCUT2D eigenvalue weighted by Crippen LogP contribution is -2.27. The Bertz CT molecular complexity index is 696. The van der Waals surface area contributed by atoms with E-state index in [0.717, 1.165) is 4.90 Å². The summed E-state index contributed by atoms with van der Waals surface area (Å²) in [4.78, 5) is 12.9. The number of rotatable bonds is 3. The standard InChI is InChI=1S/C12H11FN2O4S/c1-19-9-2-3-11(8(4-9)6-14)15-7-10(5-12(15)16)20(13,17)18/h2-4,10H,5,7H2,1H3. The quantitative estimate of drug-likeness (QED) is 0.776. The predicted molar refractivity (Wildman–Crippen MR) is 68.5 cm³/mol. The number of hydrogen-bond acceptors (Lipinski definition) is 5. The monoisotopic (exact) mass is 298 g/mol. The summed E-state index contributed by atoms with van der Waals surface area (Å²) in [5, 5.41) is 7.69. The first-order valence-corrected chi connectivity index (χ1v) is 7.13. The van der Waals surface area contributed by atoms with Gasteiger partial charge in [-0.2, -0.15) is 13.7 Å². The zero-order valence-electron chi connectivity index (χ0n) is 10.5. The fraction of sp³-hybridized carbons (Fsp3) is 0.333. The average molecular weight is 298 g/mol. The Balaban J connectivity index is 2.38. The number of carbonyl (C=O) groups excluding carboxylic acids is 1. The zero-order valence-corrected chi connectivity index (χ0v) is 11.4. The lowest BCUT2D eigenvalue weighted by atomic mass is 10.1. The summed E-state index contributed by atoms with van der Waals surface area (Å²) >= 11 is 0. The van der Waals surface area contributed by atoms with Crippen molar-refractivity contribution in [1.29, 1.82) is 5.26 Å². The SMILES string of the molecule is COc1ccc(N2CC(S(=O)(=O)F)CC2=O)c(C#N)c1. The first kappa shape index (κ1) is 14.3. The van der Waals surface area contributed by atoms with Crippen LogP contribution in [-0.4, -0.2) is 33.2 Å². The number of nitrogens with zero attached hydrogens (tertiary/aromatic N) is 2. The molecular weight excluding hydrogens is 287 g/mol. The highest BCUT2D eigenvalue weighted by Crippen LogP contribution is 2.30. The van der Waals surface area contributed by atoms with Gasteiger partial charge < -0.3 is 9.64 Å². The van der Waals surface area contributed by atoms with Gasteiger partial charge in [0.05, 0.1) is 18.4 Å². The van der Waals surface area contributed by atoms with Gasteiger partial charge >= 0.3 is 10.2 Å². The third-order valence-electron chi connectivity index (χ3n) is 3.10. The van der Waals surface area contributed by atoms with Crippen molar-refractivity contribution in [2.24, 2.45) is 0 Å². The van der Waals surface area contributed by atoms with Crippen molar-refractivity contribution >= 4 is 21.8 Å². The molecule has 1 aromatic rings. The largest absolute Gasteiger partial charge is 0.497 e. The van der Waals surface area contributed by atoms with Crippen LogP contribution in [-0.2, 0) is 15.0 Å². The van der Waals surface area contributed by atoms with Crippen LogP contribution in [0, 0.1) is 11.3 Å². The van der Waals surface area contributed by atoms with Crippen molar-refractivity contribution in [1.82, 2.24) is 0 Å². The molecule has 0 bridgehead atoms. The van der Waals surface area contributed by atoms with Gasteiger partial charge in [0.1, 0.15) is 17.1 Å². The molecule has 1 unspecified atom stereocenters. The Kier molecular flexibility index (Phi) is 3.63. The van der Waals surface area contributed by atoms with Crippen molar-refractivity contribution in [2.75, 3.05) is 18.6 Å². The molecule has 1 aliphatic heterocycles. The molecule has 1 atom stereocenters. The average Bonchev–Trinajstić information content (AvgIpc) is 2.80. The van der Waals surface area contributed by atoms with Crippen molar-refractivity contribution in [3.63, 3.8) is 0 Å². The van der Waals surface area contributed by atoms with E-state index in [1.54, 1.807) is 6.07 Å². The molecule has 8 heteroatoms. The minimum Gasteiger partial charge on any atom is -0.497 e. The van der Waals surface area contributed by atoms with E-state index in [1.807, 2.05) is 6.07 Å². The molecule has 1 amide bonds. The highest BCUT2D eigenvalue weighted by molar-refractivity contribution is 7.87. The number of ether oxygens (including phenoxy) is 1. The van der Waals surface area contributed by atoms with E-state index in [-0.39, 0.29) is 17.8 Å². The molecule has 1 aromatic carbocycles. The minimum absolute atomic E-state index is 0.162. The van der Waals surface area contributed by atoms with E-state index >= 15 is 0 Å². The van der Waals surface area contributed by atoms with Gasteiger partial charge in [-0.25, -0.2) is 0 Å². The van der Waals surface area contributed by atoms with E-state index in [0.29, 0.717) is 5.75 Å².